The lowest BCUT2D eigenvalue weighted by Crippen LogP contribution is -2.23. The third-order valence-corrected chi connectivity index (χ3v) is 8.05. The Morgan fingerprint density at radius 1 is 0.725 bits per heavy atom. The fourth-order valence-electron chi connectivity index (χ4n) is 5.46. The fourth-order valence-corrected chi connectivity index (χ4v) is 5.46. The van der Waals surface area contributed by atoms with Gasteiger partial charge in [-0.2, -0.15) is 0 Å². The molecule has 0 heteroatoms. The Balaban J connectivity index is 1.88. The Morgan fingerprint density at radius 2 is 1.25 bits per heavy atom. The van der Waals surface area contributed by atoms with Gasteiger partial charge in [0.1, 0.15) is 0 Å². The van der Waals surface area contributed by atoms with Crippen molar-refractivity contribution in [1.29, 1.82) is 0 Å². The Hall–Kier alpha value is -3.12. The zero-order valence-corrected chi connectivity index (χ0v) is 27.0. The molecule has 2 aliphatic rings. The Morgan fingerprint density at radius 3 is 1.80 bits per heavy atom. The minimum Gasteiger partial charge on any atom is -0.0780 e. The maximum atomic E-state index is 2.37. The van der Waals surface area contributed by atoms with Crippen molar-refractivity contribution in [1.82, 2.24) is 0 Å². The third-order valence-electron chi connectivity index (χ3n) is 8.05. The molecule has 0 aromatic heterocycles. The van der Waals surface area contributed by atoms with Crippen LogP contribution in [0.1, 0.15) is 88.5 Å². The van der Waals surface area contributed by atoms with E-state index in [4.69, 9.17) is 0 Å². The molecule has 1 unspecified atom stereocenters. The lowest BCUT2D eigenvalue weighted by molar-refractivity contribution is 0.377. The molecule has 0 N–H and O–H groups in total. The molecule has 0 saturated heterocycles. The summed E-state index contributed by atoms with van der Waals surface area (Å²) in [5.74, 6) is 0.445. The first-order chi connectivity index (χ1) is 18.8. The van der Waals surface area contributed by atoms with Crippen molar-refractivity contribution in [2.24, 2.45) is 16.7 Å². The van der Waals surface area contributed by atoms with Crippen molar-refractivity contribution in [2.75, 3.05) is 0 Å². The maximum absolute atomic E-state index is 2.37. The maximum Gasteiger partial charge on any atom is 0.00662 e. The first-order valence-corrected chi connectivity index (χ1v) is 15.0. The fraction of sp³-hybridized carbons (Fsp3) is 0.400. The van der Waals surface area contributed by atoms with E-state index in [0.717, 1.165) is 0 Å². The van der Waals surface area contributed by atoms with Crippen LogP contribution in [0.5, 0.6) is 0 Å². The van der Waals surface area contributed by atoms with Crippen LogP contribution in [0.2, 0.25) is 0 Å². The van der Waals surface area contributed by atoms with Crippen molar-refractivity contribution in [3.63, 3.8) is 0 Å². The molecule has 2 rings (SSSR count). The molecule has 0 aliphatic heterocycles. The topological polar surface area (TPSA) is 0 Å². The predicted molar refractivity (Wildman–Crippen MR) is 181 cm³/mol. The van der Waals surface area contributed by atoms with Crippen LogP contribution in [0.3, 0.4) is 0 Å². The van der Waals surface area contributed by atoms with E-state index in [1.165, 1.54) is 52.7 Å². The van der Waals surface area contributed by atoms with Gasteiger partial charge in [0, 0.05) is 5.92 Å². The highest BCUT2D eigenvalue weighted by Gasteiger charge is 2.28. The van der Waals surface area contributed by atoms with Gasteiger partial charge >= 0.3 is 0 Å². The Bertz CT molecular complexity index is 1240. The summed E-state index contributed by atoms with van der Waals surface area (Å²) in [5, 5.41) is 0. The highest BCUT2D eigenvalue weighted by Crippen LogP contribution is 2.41. The van der Waals surface area contributed by atoms with Crippen LogP contribution in [0.25, 0.3) is 0 Å². The molecule has 0 nitrogen and oxygen atoms in total. The minimum atomic E-state index is 0.163. The average molecular weight is 535 g/mol. The van der Waals surface area contributed by atoms with Gasteiger partial charge in [-0.3, -0.25) is 0 Å². The molecular formula is C40H54. The summed E-state index contributed by atoms with van der Waals surface area (Å²) >= 11 is 0. The molecule has 40 heavy (non-hydrogen) atoms. The number of allylic oxidation sites excluding steroid dienone is 24. The summed E-state index contributed by atoms with van der Waals surface area (Å²) in [6, 6.07) is 0. The van der Waals surface area contributed by atoms with E-state index in [0.29, 0.717) is 5.92 Å². The molecule has 0 fully saturated rings. The number of rotatable bonds is 10. The van der Waals surface area contributed by atoms with Gasteiger partial charge in [-0.1, -0.05) is 164 Å². The molecule has 214 valence electrons. The van der Waals surface area contributed by atoms with E-state index in [9.17, 15) is 0 Å². The van der Waals surface area contributed by atoms with E-state index in [1.807, 2.05) is 0 Å². The zero-order chi connectivity index (χ0) is 29.8. The van der Waals surface area contributed by atoms with Crippen molar-refractivity contribution in [3.8, 4) is 0 Å². The average Bonchev–Trinajstić information content (AvgIpc) is 2.85. The van der Waals surface area contributed by atoms with Crippen LogP contribution >= 0.6 is 0 Å². The highest BCUT2D eigenvalue weighted by atomic mass is 14.3. The van der Waals surface area contributed by atoms with E-state index in [2.05, 4.69) is 173 Å². The molecular weight excluding hydrogens is 480 g/mol. The van der Waals surface area contributed by atoms with Gasteiger partial charge < -0.3 is 0 Å². The summed E-state index contributed by atoms with van der Waals surface area (Å²) in [6.07, 6.45) is 41.2. The SMILES string of the molecule is CC1=CC=CC(C)(C)C1/C=C/C(C)=C/C=C/C(C)=C/C=C/C=C(C)/C=C/C=C(C)/C=C/C1=C(C)CCCC1(C)C. The van der Waals surface area contributed by atoms with Gasteiger partial charge in [0.25, 0.3) is 0 Å². The summed E-state index contributed by atoms with van der Waals surface area (Å²) in [5.41, 5.74) is 9.91. The minimum absolute atomic E-state index is 0.163. The smallest absolute Gasteiger partial charge is 0.00662 e. The molecule has 1 atom stereocenters. The molecule has 2 aliphatic carbocycles. The zero-order valence-electron chi connectivity index (χ0n) is 27.0. The van der Waals surface area contributed by atoms with Gasteiger partial charge in [0.2, 0.25) is 0 Å². The Labute approximate surface area is 247 Å². The van der Waals surface area contributed by atoms with Crippen molar-refractivity contribution in [3.05, 3.63) is 142 Å². The van der Waals surface area contributed by atoms with Gasteiger partial charge in [-0.25, -0.2) is 0 Å². The molecule has 0 aromatic carbocycles. The first-order valence-electron chi connectivity index (χ1n) is 15.0. The third kappa shape index (κ3) is 11.2. The monoisotopic (exact) mass is 534 g/mol. The molecule has 0 spiro atoms. The first kappa shape index (κ1) is 33.1. The highest BCUT2D eigenvalue weighted by molar-refractivity contribution is 5.38. The molecule has 0 bridgehead atoms. The summed E-state index contributed by atoms with van der Waals surface area (Å²) in [7, 11) is 0. The van der Waals surface area contributed by atoms with Crippen molar-refractivity contribution in [2.45, 2.75) is 88.5 Å². The summed E-state index contributed by atoms with van der Waals surface area (Å²) in [4.78, 5) is 0. The van der Waals surface area contributed by atoms with Gasteiger partial charge in [-0.05, 0) is 77.2 Å². The van der Waals surface area contributed by atoms with Crippen LogP contribution in [0, 0.1) is 16.7 Å². The molecule has 0 aromatic rings. The second-order valence-electron chi connectivity index (χ2n) is 12.9. The van der Waals surface area contributed by atoms with Gasteiger partial charge in [0.15, 0.2) is 0 Å². The van der Waals surface area contributed by atoms with Crippen LogP contribution in [-0.4, -0.2) is 0 Å². The van der Waals surface area contributed by atoms with Gasteiger partial charge in [0.05, 0.1) is 0 Å². The van der Waals surface area contributed by atoms with Crippen LogP contribution in [0.15, 0.2) is 142 Å². The lowest BCUT2D eigenvalue weighted by Gasteiger charge is -2.32. The largest absolute Gasteiger partial charge is 0.0780 e. The van der Waals surface area contributed by atoms with E-state index in [-0.39, 0.29) is 10.8 Å². The van der Waals surface area contributed by atoms with Crippen LogP contribution in [0.4, 0.5) is 0 Å². The lowest BCUT2D eigenvalue weighted by atomic mass is 9.72. The quantitative estimate of drug-likeness (QED) is 0.244. The standard InChI is InChI=1S/C40H54/c1-31(19-13-21-33(3)25-27-37-35(5)23-15-29-39(37,7)8)17-11-12-18-32(2)20-14-22-34(4)26-28-38-36(6)24-16-30-40(38,9)10/h11-15,17-23,25-29,37H,16,24,30H2,1-10H3/b12-11+,19-13+,20-14+,27-25+,28-26+,31-17+,32-18+,33-21+,34-22+. The molecule has 0 radical (unpaired) electrons. The summed E-state index contributed by atoms with van der Waals surface area (Å²) in [6.45, 7) is 22.5. The normalized spacial score (nSPS) is 23.1. The molecule has 0 heterocycles. The Kier molecular flexibility index (Phi) is 12.9. The van der Waals surface area contributed by atoms with Crippen molar-refractivity contribution >= 4 is 0 Å². The van der Waals surface area contributed by atoms with E-state index >= 15 is 0 Å². The van der Waals surface area contributed by atoms with E-state index in [1.54, 1.807) is 5.57 Å². The molecule has 0 saturated carbocycles. The number of hydrogen-bond donors (Lipinski definition) is 0. The van der Waals surface area contributed by atoms with Crippen molar-refractivity contribution < 1.29 is 0 Å². The second-order valence-corrected chi connectivity index (χ2v) is 12.9. The molecule has 0 amide bonds. The predicted octanol–water partition coefficient (Wildman–Crippen LogP) is 12.2. The van der Waals surface area contributed by atoms with Gasteiger partial charge in [-0.15, -0.1) is 0 Å². The second kappa shape index (κ2) is 15.6. The number of hydrogen-bond acceptors (Lipinski definition) is 0. The summed E-state index contributed by atoms with van der Waals surface area (Å²) < 4.78 is 0. The van der Waals surface area contributed by atoms with Crippen LogP contribution < -0.4 is 0 Å². The van der Waals surface area contributed by atoms with E-state index < -0.39 is 0 Å². The van der Waals surface area contributed by atoms with Crippen LogP contribution in [-0.2, 0) is 0 Å².